The Morgan fingerprint density at radius 2 is 1.90 bits per heavy atom. The van der Waals surface area contributed by atoms with Crippen LogP contribution in [0.1, 0.15) is 28.7 Å². The summed E-state index contributed by atoms with van der Waals surface area (Å²) in [6.07, 6.45) is 0. The van der Waals surface area contributed by atoms with Gasteiger partial charge in [-0.05, 0) is 37.3 Å². The number of nitrogen functional groups attached to an aromatic ring is 1. The number of Topliss-reactive ketones (excluding diaryl/α,β-unsaturated/α-hetero) is 1. The molecule has 0 unspecified atom stereocenters. The van der Waals surface area contributed by atoms with E-state index in [1.165, 1.54) is 23.4 Å². The van der Waals surface area contributed by atoms with Crippen LogP contribution in [0.15, 0.2) is 47.6 Å². The van der Waals surface area contributed by atoms with Gasteiger partial charge in [0.15, 0.2) is 11.6 Å². The van der Waals surface area contributed by atoms with Crippen LogP contribution in [-0.2, 0) is 12.4 Å². The van der Waals surface area contributed by atoms with E-state index in [4.69, 9.17) is 20.1 Å². The molecule has 0 aliphatic carbocycles. The molecule has 3 rings (SSSR count). The first-order valence-electron chi connectivity index (χ1n) is 8.78. The fourth-order valence-electron chi connectivity index (χ4n) is 2.60. The standard InChI is InChI=1S/C20H22N4O4S/c1-13(25)14-7-8-18(27-3)15(9-14)12-29-20-23-22-19(24(20)21)11-28-17-6-4-5-16(10-17)26-2/h4-10H,11-12,21H2,1-3H3. The van der Waals surface area contributed by atoms with Crippen molar-refractivity contribution in [3.05, 3.63) is 59.4 Å². The maximum atomic E-state index is 11.6. The molecule has 29 heavy (non-hydrogen) atoms. The smallest absolute Gasteiger partial charge is 0.210 e. The Balaban J connectivity index is 1.67. The number of carbonyl (C=O) groups is 1. The van der Waals surface area contributed by atoms with E-state index in [1.807, 2.05) is 24.3 Å². The van der Waals surface area contributed by atoms with Crippen LogP contribution in [-0.4, -0.2) is 34.9 Å². The normalized spacial score (nSPS) is 10.6. The summed E-state index contributed by atoms with van der Waals surface area (Å²) >= 11 is 1.40. The van der Waals surface area contributed by atoms with Crippen molar-refractivity contribution in [3.8, 4) is 17.2 Å². The Morgan fingerprint density at radius 3 is 2.62 bits per heavy atom. The number of nitrogens with zero attached hydrogens (tertiary/aromatic N) is 3. The van der Waals surface area contributed by atoms with E-state index in [0.29, 0.717) is 39.5 Å². The third kappa shape index (κ3) is 5.00. The van der Waals surface area contributed by atoms with Gasteiger partial charge in [-0.1, -0.05) is 17.8 Å². The first-order valence-corrected chi connectivity index (χ1v) is 9.77. The number of aromatic nitrogens is 3. The van der Waals surface area contributed by atoms with Crippen molar-refractivity contribution < 1.29 is 19.0 Å². The van der Waals surface area contributed by atoms with Crippen LogP contribution in [0.25, 0.3) is 0 Å². The molecule has 3 aromatic rings. The van der Waals surface area contributed by atoms with Crippen LogP contribution in [0.5, 0.6) is 17.2 Å². The molecule has 0 fully saturated rings. The summed E-state index contributed by atoms with van der Waals surface area (Å²) in [4.78, 5) is 11.6. The predicted octanol–water partition coefficient (Wildman–Crippen LogP) is 3.08. The van der Waals surface area contributed by atoms with E-state index < -0.39 is 0 Å². The fraction of sp³-hybridized carbons (Fsp3) is 0.250. The van der Waals surface area contributed by atoms with Crippen molar-refractivity contribution >= 4 is 17.5 Å². The monoisotopic (exact) mass is 414 g/mol. The number of benzene rings is 2. The van der Waals surface area contributed by atoms with Gasteiger partial charge in [0, 0.05) is 22.9 Å². The number of ether oxygens (including phenoxy) is 3. The van der Waals surface area contributed by atoms with Gasteiger partial charge in [-0.3, -0.25) is 4.79 Å². The molecule has 8 nitrogen and oxygen atoms in total. The summed E-state index contributed by atoms with van der Waals surface area (Å²) in [6.45, 7) is 1.70. The van der Waals surface area contributed by atoms with E-state index in [0.717, 1.165) is 5.56 Å². The number of hydrogen-bond acceptors (Lipinski definition) is 8. The van der Waals surface area contributed by atoms with E-state index in [1.54, 1.807) is 32.4 Å². The Kier molecular flexibility index (Phi) is 6.61. The first kappa shape index (κ1) is 20.5. The van der Waals surface area contributed by atoms with Crippen LogP contribution in [0, 0.1) is 0 Å². The summed E-state index contributed by atoms with van der Waals surface area (Å²) in [5.74, 6) is 9.18. The molecular formula is C20H22N4O4S. The average Bonchev–Trinajstić information content (AvgIpc) is 3.10. The van der Waals surface area contributed by atoms with E-state index in [9.17, 15) is 4.79 Å². The second-order valence-corrected chi connectivity index (χ2v) is 7.05. The van der Waals surface area contributed by atoms with Crippen molar-refractivity contribution in [3.63, 3.8) is 0 Å². The third-order valence-corrected chi connectivity index (χ3v) is 5.18. The molecule has 0 saturated carbocycles. The van der Waals surface area contributed by atoms with Crippen molar-refractivity contribution in [1.29, 1.82) is 0 Å². The van der Waals surface area contributed by atoms with Gasteiger partial charge < -0.3 is 20.1 Å². The maximum absolute atomic E-state index is 11.6. The number of ketones is 1. The zero-order chi connectivity index (χ0) is 20.8. The molecule has 2 N–H and O–H groups in total. The Morgan fingerprint density at radius 1 is 1.10 bits per heavy atom. The molecule has 152 valence electrons. The third-order valence-electron chi connectivity index (χ3n) is 4.19. The molecule has 1 heterocycles. The number of carbonyl (C=O) groups excluding carboxylic acids is 1. The molecule has 0 spiro atoms. The zero-order valence-corrected chi connectivity index (χ0v) is 17.2. The van der Waals surface area contributed by atoms with E-state index >= 15 is 0 Å². The Labute approximate surface area is 172 Å². The summed E-state index contributed by atoms with van der Waals surface area (Å²) in [5.41, 5.74) is 1.50. The lowest BCUT2D eigenvalue weighted by atomic mass is 10.1. The number of methoxy groups -OCH3 is 2. The summed E-state index contributed by atoms with van der Waals surface area (Å²) < 4.78 is 17.7. The van der Waals surface area contributed by atoms with Crippen LogP contribution in [0.3, 0.4) is 0 Å². The van der Waals surface area contributed by atoms with Crippen molar-refractivity contribution in [2.24, 2.45) is 0 Å². The van der Waals surface area contributed by atoms with Gasteiger partial charge in [0.1, 0.15) is 23.9 Å². The van der Waals surface area contributed by atoms with Crippen LogP contribution in [0.4, 0.5) is 0 Å². The lowest BCUT2D eigenvalue weighted by Gasteiger charge is -2.10. The molecule has 0 saturated heterocycles. The summed E-state index contributed by atoms with van der Waals surface area (Å²) in [6, 6.07) is 12.6. The van der Waals surface area contributed by atoms with Gasteiger partial charge in [-0.2, -0.15) is 0 Å². The minimum absolute atomic E-state index is 0.00197. The molecule has 9 heteroatoms. The highest BCUT2D eigenvalue weighted by Crippen LogP contribution is 2.28. The quantitative estimate of drug-likeness (QED) is 0.324. The van der Waals surface area contributed by atoms with Gasteiger partial charge >= 0.3 is 0 Å². The second kappa shape index (κ2) is 9.33. The van der Waals surface area contributed by atoms with Gasteiger partial charge in [-0.15, -0.1) is 10.2 Å². The lowest BCUT2D eigenvalue weighted by Crippen LogP contribution is -2.15. The second-order valence-electron chi connectivity index (χ2n) is 6.11. The van der Waals surface area contributed by atoms with E-state index in [-0.39, 0.29) is 12.4 Å². The Hall–Kier alpha value is -3.20. The first-order chi connectivity index (χ1) is 14.0. The molecule has 0 bridgehead atoms. The molecule has 0 radical (unpaired) electrons. The minimum Gasteiger partial charge on any atom is -0.497 e. The molecule has 1 aromatic heterocycles. The Bertz CT molecular complexity index is 1010. The van der Waals surface area contributed by atoms with Crippen molar-refractivity contribution in [1.82, 2.24) is 14.9 Å². The highest BCUT2D eigenvalue weighted by Gasteiger charge is 2.14. The molecule has 0 atom stereocenters. The van der Waals surface area contributed by atoms with E-state index in [2.05, 4.69) is 10.2 Å². The number of thioether (sulfide) groups is 1. The molecule has 0 amide bonds. The lowest BCUT2D eigenvalue weighted by molar-refractivity contribution is 0.101. The average molecular weight is 414 g/mol. The molecular weight excluding hydrogens is 392 g/mol. The minimum atomic E-state index is -0.00197. The zero-order valence-electron chi connectivity index (χ0n) is 16.4. The molecule has 2 aromatic carbocycles. The fourth-order valence-corrected chi connectivity index (χ4v) is 3.45. The van der Waals surface area contributed by atoms with Crippen molar-refractivity contribution in [2.75, 3.05) is 20.1 Å². The SMILES string of the molecule is COc1cccc(OCc2nnc(SCc3cc(C(C)=O)ccc3OC)n2N)c1. The number of hydrogen-bond donors (Lipinski definition) is 1. The highest BCUT2D eigenvalue weighted by molar-refractivity contribution is 7.98. The highest BCUT2D eigenvalue weighted by atomic mass is 32.2. The van der Waals surface area contributed by atoms with Crippen LogP contribution >= 0.6 is 11.8 Å². The molecule has 0 aliphatic heterocycles. The van der Waals surface area contributed by atoms with Gasteiger partial charge in [0.05, 0.1) is 14.2 Å². The van der Waals surface area contributed by atoms with Gasteiger partial charge in [0.2, 0.25) is 5.16 Å². The molecule has 0 aliphatic rings. The predicted molar refractivity (Wildman–Crippen MR) is 110 cm³/mol. The topological polar surface area (TPSA) is 101 Å². The van der Waals surface area contributed by atoms with Crippen molar-refractivity contribution in [2.45, 2.75) is 24.4 Å². The van der Waals surface area contributed by atoms with Crippen LogP contribution in [0.2, 0.25) is 0 Å². The summed E-state index contributed by atoms with van der Waals surface area (Å²) in [7, 11) is 3.19. The largest absolute Gasteiger partial charge is 0.497 e. The van der Waals surface area contributed by atoms with Gasteiger partial charge in [-0.25, -0.2) is 4.68 Å². The van der Waals surface area contributed by atoms with Gasteiger partial charge in [0.25, 0.3) is 0 Å². The maximum Gasteiger partial charge on any atom is 0.210 e. The summed E-state index contributed by atoms with van der Waals surface area (Å²) in [5, 5.41) is 8.76. The van der Waals surface area contributed by atoms with Crippen LogP contribution < -0.4 is 20.1 Å². The number of nitrogens with two attached hydrogens (primary N) is 1. The number of rotatable bonds is 9.